The van der Waals surface area contributed by atoms with Crippen LogP contribution in [-0.4, -0.2) is 9.78 Å². The van der Waals surface area contributed by atoms with Crippen molar-refractivity contribution >= 4 is 0 Å². The van der Waals surface area contributed by atoms with Gasteiger partial charge in [0.1, 0.15) is 17.5 Å². The Bertz CT molecular complexity index is 429. The second kappa shape index (κ2) is 4.03. The lowest BCUT2D eigenvalue weighted by molar-refractivity contribution is -0.146. The van der Waals surface area contributed by atoms with Gasteiger partial charge in [-0.3, -0.25) is 4.68 Å². The van der Waals surface area contributed by atoms with Crippen LogP contribution in [0.25, 0.3) is 0 Å². The Morgan fingerprint density at radius 2 is 2.00 bits per heavy atom. The van der Waals surface area contributed by atoms with Gasteiger partial charge < -0.3 is 4.74 Å². The molecular formula is C12H15F3N2O. The van der Waals surface area contributed by atoms with E-state index in [-0.39, 0.29) is 0 Å². The highest BCUT2D eigenvalue weighted by Gasteiger charge is 2.39. The number of rotatable bonds is 1. The standard InChI is InChI=1S/C12H15F3N2O/c1-11(2,3)17-10(12(13,14)15)7-8(16-17)9-5-4-6-18-9/h4,6-7,9H,5H2,1-3H3. The Hall–Kier alpha value is -1.46. The second-order valence-electron chi connectivity index (χ2n) is 5.27. The lowest BCUT2D eigenvalue weighted by Gasteiger charge is -2.23. The molecule has 0 aliphatic carbocycles. The van der Waals surface area contributed by atoms with Gasteiger partial charge in [0.25, 0.3) is 0 Å². The van der Waals surface area contributed by atoms with Crippen molar-refractivity contribution in [2.45, 2.75) is 45.0 Å². The molecule has 0 aromatic carbocycles. The first-order valence-electron chi connectivity index (χ1n) is 5.68. The van der Waals surface area contributed by atoms with E-state index in [2.05, 4.69) is 5.10 Å². The van der Waals surface area contributed by atoms with E-state index in [4.69, 9.17) is 4.74 Å². The largest absolute Gasteiger partial charge is 0.492 e. The summed E-state index contributed by atoms with van der Waals surface area (Å²) in [6.07, 6.45) is -1.000. The monoisotopic (exact) mass is 260 g/mol. The van der Waals surface area contributed by atoms with Gasteiger partial charge in [-0.15, -0.1) is 0 Å². The molecule has 2 rings (SSSR count). The van der Waals surface area contributed by atoms with Crippen LogP contribution in [-0.2, 0) is 16.5 Å². The predicted molar refractivity (Wildman–Crippen MR) is 59.8 cm³/mol. The molecule has 0 amide bonds. The van der Waals surface area contributed by atoms with Gasteiger partial charge >= 0.3 is 6.18 Å². The van der Waals surface area contributed by atoms with E-state index >= 15 is 0 Å². The first kappa shape index (κ1) is 13.0. The number of hydrogen-bond donors (Lipinski definition) is 0. The smallest absolute Gasteiger partial charge is 0.433 e. The van der Waals surface area contributed by atoms with Crippen LogP contribution in [0.1, 0.15) is 44.7 Å². The van der Waals surface area contributed by atoms with Gasteiger partial charge in [-0.1, -0.05) is 0 Å². The molecule has 1 aromatic rings. The van der Waals surface area contributed by atoms with E-state index in [0.29, 0.717) is 12.1 Å². The van der Waals surface area contributed by atoms with Crippen molar-refractivity contribution in [1.82, 2.24) is 9.78 Å². The molecule has 1 atom stereocenters. The minimum absolute atomic E-state index is 0.322. The maximum absolute atomic E-state index is 13.0. The van der Waals surface area contributed by atoms with Crippen molar-refractivity contribution < 1.29 is 17.9 Å². The van der Waals surface area contributed by atoms with Gasteiger partial charge in [0, 0.05) is 6.42 Å². The SMILES string of the molecule is CC(C)(C)n1nc(C2CC=CO2)cc1C(F)(F)F. The number of hydrogen-bond acceptors (Lipinski definition) is 2. The van der Waals surface area contributed by atoms with Crippen molar-refractivity contribution in [1.29, 1.82) is 0 Å². The van der Waals surface area contributed by atoms with Gasteiger partial charge in [-0.25, -0.2) is 0 Å². The Labute approximate surface area is 103 Å². The fourth-order valence-corrected chi connectivity index (χ4v) is 1.85. The van der Waals surface area contributed by atoms with Gasteiger partial charge in [0.2, 0.25) is 0 Å². The van der Waals surface area contributed by atoms with E-state index in [1.807, 2.05) is 0 Å². The van der Waals surface area contributed by atoms with Crippen LogP contribution in [0.3, 0.4) is 0 Å². The van der Waals surface area contributed by atoms with Gasteiger partial charge in [-0.2, -0.15) is 18.3 Å². The highest BCUT2D eigenvalue weighted by atomic mass is 19.4. The summed E-state index contributed by atoms with van der Waals surface area (Å²) in [5, 5.41) is 4.06. The zero-order valence-corrected chi connectivity index (χ0v) is 10.5. The Morgan fingerprint density at radius 3 is 2.39 bits per heavy atom. The molecule has 1 unspecified atom stereocenters. The van der Waals surface area contributed by atoms with Gasteiger partial charge in [0.05, 0.1) is 11.8 Å². The summed E-state index contributed by atoms with van der Waals surface area (Å²) in [4.78, 5) is 0. The number of nitrogens with zero attached hydrogens (tertiary/aromatic N) is 2. The molecule has 0 fully saturated rings. The first-order chi connectivity index (χ1) is 8.19. The summed E-state index contributed by atoms with van der Waals surface area (Å²) in [5.74, 6) is 0. The zero-order chi connectivity index (χ0) is 13.6. The third kappa shape index (κ3) is 2.37. The molecule has 0 N–H and O–H groups in total. The summed E-state index contributed by atoms with van der Waals surface area (Å²) in [7, 11) is 0. The predicted octanol–water partition coefficient (Wildman–Crippen LogP) is 3.63. The van der Waals surface area contributed by atoms with Crippen LogP contribution in [0.4, 0.5) is 13.2 Å². The van der Waals surface area contributed by atoms with Crippen LogP contribution in [0.2, 0.25) is 0 Å². The first-order valence-corrected chi connectivity index (χ1v) is 5.68. The molecule has 0 spiro atoms. The lowest BCUT2D eigenvalue weighted by Crippen LogP contribution is -2.28. The quantitative estimate of drug-likeness (QED) is 0.771. The van der Waals surface area contributed by atoms with E-state index < -0.39 is 23.5 Å². The fourth-order valence-electron chi connectivity index (χ4n) is 1.85. The highest BCUT2D eigenvalue weighted by molar-refractivity contribution is 5.19. The molecular weight excluding hydrogens is 245 g/mol. The molecule has 0 bridgehead atoms. The fraction of sp³-hybridized carbons (Fsp3) is 0.583. The third-order valence-corrected chi connectivity index (χ3v) is 2.67. The molecule has 6 heteroatoms. The van der Waals surface area contributed by atoms with Crippen LogP contribution < -0.4 is 0 Å². The van der Waals surface area contributed by atoms with Gasteiger partial charge in [-0.05, 0) is 32.9 Å². The Morgan fingerprint density at radius 1 is 1.33 bits per heavy atom. The summed E-state index contributed by atoms with van der Waals surface area (Å²) in [5.41, 5.74) is -1.14. The number of aromatic nitrogens is 2. The molecule has 0 radical (unpaired) electrons. The van der Waals surface area contributed by atoms with E-state index in [1.165, 1.54) is 6.26 Å². The minimum atomic E-state index is -4.41. The second-order valence-corrected chi connectivity index (χ2v) is 5.27. The Balaban J connectivity index is 2.44. The Kier molecular flexibility index (Phi) is 2.91. The van der Waals surface area contributed by atoms with Crippen molar-refractivity contribution in [2.24, 2.45) is 0 Å². The summed E-state index contributed by atoms with van der Waals surface area (Å²) in [6.45, 7) is 5.06. The van der Waals surface area contributed by atoms with Crippen molar-refractivity contribution in [3.8, 4) is 0 Å². The normalized spacial score (nSPS) is 20.2. The molecule has 100 valence electrons. The van der Waals surface area contributed by atoms with Crippen molar-refractivity contribution in [3.63, 3.8) is 0 Å². The molecule has 3 nitrogen and oxygen atoms in total. The molecule has 1 aliphatic rings. The number of halogens is 3. The van der Waals surface area contributed by atoms with Crippen LogP contribution in [0, 0.1) is 0 Å². The number of ether oxygens (including phenoxy) is 1. The maximum Gasteiger partial charge on any atom is 0.433 e. The summed E-state index contributed by atoms with van der Waals surface area (Å²) in [6, 6.07) is 1.07. The molecule has 1 aromatic heterocycles. The number of alkyl halides is 3. The highest BCUT2D eigenvalue weighted by Crippen LogP contribution is 2.36. The third-order valence-electron chi connectivity index (χ3n) is 2.67. The lowest BCUT2D eigenvalue weighted by atomic mass is 10.1. The van der Waals surface area contributed by atoms with Crippen molar-refractivity contribution in [3.05, 3.63) is 29.8 Å². The molecule has 0 saturated carbocycles. The maximum atomic E-state index is 13.0. The van der Waals surface area contributed by atoms with E-state index in [1.54, 1.807) is 26.8 Å². The molecule has 18 heavy (non-hydrogen) atoms. The average molecular weight is 260 g/mol. The van der Waals surface area contributed by atoms with Gasteiger partial charge in [0.15, 0.2) is 0 Å². The minimum Gasteiger partial charge on any atom is -0.492 e. The molecule has 1 aliphatic heterocycles. The van der Waals surface area contributed by atoms with Crippen LogP contribution in [0.15, 0.2) is 18.4 Å². The van der Waals surface area contributed by atoms with E-state index in [9.17, 15) is 13.2 Å². The summed E-state index contributed by atoms with van der Waals surface area (Å²) < 4.78 is 45.1. The van der Waals surface area contributed by atoms with Crippen molar-refractivity contribution in [2.75, 3.05) is 0 Å². The van der Waals surface area contributed by atoms with E-state index in [0.717, 1.165) is 10.7 Å². The van der Waals surface area contributed by atoms with Crippen LogP contribution in [0.5, 0.6) is 0 Å². The summed E-state index contributed by atoms with van der Waals surface area (Å²) >= 11 is 0. The van der Waals surface area contributed by atoms with Crippen LogP contribution >= 0.6 is 0 Å². The average Bonchev–Trinajstić information content (AvgIpc) is 2.84. The molecule has 2 heterocycles. The molecule has 0 saturated heterocycles. The zero-order valence-electron chi connectivity index (χ0n) is 10.5. The topological polar surface area (TPSA) is 27.1 Å².